The van der Waals surface area contributed by atoms with Crippen LogP contribution in [0.25, 0.3) is 0 Å². The fourth-order valence-corrected chi connectivity index (χ4v) is 1.43. The minimum Gasteiger partial charge on any atom is -0.463 e. The highest BCUT2D eigenvalue weighted by Crippen LogP contribution is 2.01. The van der Waals surface area contributed by atoms with Crippen LogP contribution in [0.3, 0.4) is 0 Å². The highest BCUT2D eigenvalue weighted by Gasteiger charge is 2.22. The predicted octanol–water partition coefficient (Wildman–Crippen LogP) is 2.15. The SMILES string of the molecule is CCCCOC(=O)C(C#N)NC(=O)OCc1ccccc1. The maximum atomic E-state index is 11.5. The van der Waals surface area contributed by atoms with Crippen LogP contribution in [0.1, 0.15) is 25.3 Å². The maximum absolute atomic E-state index is 11.5. The van der Waals surface area contributed by atoms with E-state index in [1.165, 1.54) is 0 Å². The van der Waals surface area contributed by atoms with Crippen LogP contribution in [0.15, 0.2) is 30.3 Å². The lowest BCUT2D eigenvalue weighted by atomic mass is 10.2. The lowest BCUT2D eigenvalue weighted by molar-refractivity contribution is -0.144. The number of unbranched alkanes of at least 4 members (excludes halogenated alkanes) is 1. The predicted molar refractivity (Wildman–Crippen MR) is 75.0 cm³/mol. The molecule has 0 saturated heterocycles. The molecule has 0 heterocycles. The zero-order valence-electron chi connectivity index (χ0n) is 11.9. The van der Waals surface area contributed by atoms with E-state index in [9.17, 15) is 9.59 Å². The summed E-state index contributed by atoms with van der Waals surface area (Å²) in [5.74, 6) is -0.775. The molecular formula is C15H18N2O4. The summed E-state index contributed by atoms with van der Waals surface area (Å²) in [6, 6.07) is 9.40. The van der Waals surface area contributed by atoms with E-state index in [4.69, 9.17) is 14.7 Å². The van der Waals surface area contributed by atoms with Gasteiger partial charge in [0.25, 0.3) is 0 Å². The van der Waals surface area contributed by atoms with Crippen LogP contribution in [-0.2, 0) is 20.9 Å². The Morgan fingerprint density at radius 1 is 1.29 bits per heavy atom. The molecule has 0 spiro atoms. The number of esters is 1. The number of nitrogens with one attached hydrogen (secondary N) is 1. The molecule has 1 N–H and O–H groups in total. The van der Waals surface area contributed by atoms with Crippen molar-refractivity contribution in [3.8, 4) is 6.07 Å². The van der Waals surface area contributed by atoms with Gasteiger partial charge in [0.2, 0.25) is 6.04 Å². The van der Waals surface area contributed by atoms with Crippen LogP contribution in [0.4, 0.5) is 4.79 Å². The van der Waals surface area contributed by atoms with Crippen molar-refractivity contribution in [3.63, 3.8) is 0 Å². The molecule has 0 bridgehead atoms. The zero-order chi connectivity index (χ0) is 15.5. The first-order valence-corrected chi connectivity index (χ1v) is 6.70. The van der Waals surface area contributed by atoms with Gasteiger partial charge in [0, 0.05) is 0 Å². The summed E-state index contributed by atoms with van der Waals surface area (Å²) >= 11 is 0. The molecule has 21 heavy (non-hydrogen) atoms. The van der Waals surface area contributed by atoms with Gasteiger partial charge in [-0.05, 0) is 12.0 Å². The summed E-state index contributed by atoms with van der Waals surface area (Å²) < 4.78 is 9.79. The Hall–Kier alpha value is -2.55. The Bertz CT molecular complexity index is 496. The van der Waals surface area contributed by atoms with Gasteiger partial charge in [-0.25, -0.2) is 9.59 Å². The average Bonchev–Trinajstić information content (AvgIpc) is 2.51. The molecule has 0 radical (unpaired) electrons. The van der Waals surface area contributed by atoms with Crippen molar-refractivity contribution in [2.45, 2.75) is 32.4 Å². The smallest absolute Gasteiger partial charge is 0.408 e. The van der Waals surface area contributed by atoms with E-state index in [0.29, 0.717) is 6.42 Å². The number of ether oxygens (including phenoxy) is 2. The number of rotatable bonds is 7. The van der Waals surface area contributed by atoms with Gasteiger partial charge in [-0.15, -0.1) is 0 Å². The first-order chi connectivity index (χ1) is 10.2. The number of hydrogen-bond donors (Lipinski definition) is 1. The molecule has 0 aliphatic carbocycles. The second kappa shape index (κ2) is 9.37. The van der Waals surface area contributed by atoms with E-state index in [-0.39, 0.29) is 13.2 Å². The first-order valence-electron chi connectivity index (χ1n) is 6.70. The number of carbonyl (C=O) groups is 2. The van der Waals surface area contributed by atoms with Crippen LogP contribution >= 0.6 is 0 Å². The van der Waals surface area contributed by atoms with Gasteiger partial charge in [-0.2, -0.15) is 5.26 Å². The fraction of sp³-hybridized carbons (Fsp3) is 0.400. The van der Waals surface area contributed by atoms with Crippen LogP contribution in [-0.4, -0.2) is 24.7 Å². The largest absolute Gasteiger partial charge is 0.463 e. The summed E-state index contributed by atoms with van der Waals surface area (Å²) in [6.45, 7) is 2.25. The summed E-state index contributed by atoms with van der Waals surface area (Å²) in [5.41, 5.74) is 0.812. The molecule has 112 valence electrons. The third kappa shape index (κ3) is 6.43. The molecular weight excluding hydrogens is 272 g/mol. The van der Waals surface area contributed by atoms with E-state index < -0.39 is 18.1 Å². The molecule has 6 heteroatoms. The van der Waals surface area contributed by atoms with E-state index in [2.05, 4.69) is 5.32 Å². The highest BCUT2D eigenvalue weighted by molar-refractivity contribution is 5.83. The Morgan fingerprint density at radius 3 is 2.62 bits per heavy atom. The van der Waals surface area contributed by atoms with Crippen molar-refractivity contribution < 1.29 is 19.1 Å². The summed E-state index contributed by atoms with van der Waals surface area (Å²) in [7, 11) is 0. The Morgan fingerprint density at radius 2 is 2.00 bits per heavy atom. The molecule has 0 aliphatic rings. The minimum atomic E-state index is -1.36. The van der Waals surface area contributed by atoms with Crippen molar-refractivity contribution in [1.29, 1.82) is 5.26 Å². The van der Waals surface area contributed by atoms with Crippen LogP contribution in [0, 0.1) is 11.3 Å². The number of carbonyl (C=O) groups excluding carboxylic acids is 2. The first kappa shape index (κ1) is 16.5. The lowest BCUT2D eigenvalue weighted by Crippen LogP contribution is -2.41. The third-order valence-electron chi connectivity index (χ3n) is 2.58. The number of nitriles is 1. The Kier molecular flexibility index (Phi) is 7.36. The van der Waals surface area contributed by atoms with Crippen molar-refractivity contribution in [2.24, 2.45) is 0 Å². The average molecular weight is 290 g/mol. The second-order valence-corrected chi connectivity index (χ2v) is 4.29. The molecule has 0 aliphatic heterocycles. The molecule has 1 atom stereocenters. The number of alkyl carbamates (subject to hydrolysis) is 1. The standard InChI is InChI=1S/C15H18N2O4/c1-2-3-9-20-14(18)13(10-16)17-15(19)21-11-12-7-5-4-6-8-12/h4-8,13H,2-3,9,11H2,1H3,(H,17,19). The quantitative estimate of drug-likeness (QED) is 0.614. The van der Waals surface area contributed by atoms with Crippen molar-refractivity contribution in [2.75, 3.05) is 6.61 Å². The summed E-state index contributed by atoms with van der Waals surface area (Å²) in [5, 5.41) is 11.0. The van der Waals surface area contributed by atoms with Gasteiger partial charge >= 0.3 is 12.1 Å². The topological polar surface area (TPSA) is 88.4 Å². The van der Waals surface area contributed by atoms with Gasteiger partial charge in [-0.3, -0.25) is 5.32 Å². The molecule has 1 aromatic carbocycles. The van der Waals surface area contributed by atoms with Crippen LogP contribution in [0.2, 0.25) is 0 Å². The maximum Gasteiger partial charge on any atom is 0.408 e. The van der Waals surface area contributed by atoms with E-state index in [1.807, 2.05) is 25.1 Å². The monoisotopic (exact) mass is 290 g/mol. The summed E-state index contributed by atoms with van der Waals surface area (Å²) in [6.07, 6.45) is 0.747. The van der Waals surface area contributed by atoms with Crippen molar-refractivity contribution in [1.82, 2.24) is 5.32 Å². The summed E-state index contributed by atoms with van der Waals surface area (Å²) in [4.78, 5) is 23.1. The lowest BCUT2D eigenvalue weighted by Gasteiger charge is -2.11. The fourth-order valence-electron chi connectivity index (χ4n) is 1.43. The van der Waals surface area contributed by atoms with Gasteiger partial charge in [-0.1, -0.05) is 43.7 Å². The zero-order valence-corrected chi connectivity index (χ0v) is 11.9. The number of hydrogen-bond acceptors (Lipinski definition) is 5. The van der Waals surface area contributed by atoms with E-state index in [0.717, 1.165) is 12.0 Å². The molecule has 0 fully saturated rings. The van der Waals surface area contributed by atoms with Gasteiger partial charge in [0.15, 0.2) is 0 Å². The Balaban J connectivity index is 2.37. The number of nitrogens with zero attached hydrogens (tertiary/aromatic N) is 1. The molecule has 6 nitrogen and oxygen atoms in total. The number of amides is 1. The van der Waals surface area contributed by atoms with Gasteiger partial charge in [0.05, 0.1) is 12.7 Å². The van der Waals surface area contributed by atoms with Crippen LogP contribution < -0.4 is 5.32 Å². The highest BCUT2D eigenvalue weighted by atomic mass is 16.6. The normalized spacial score (nSPS) is 11.0. The molecule has 0 saturated carbocycles. The molecule has 1 amide bonds. The third-order valence-corrected chi connectivity index (χ3v) is 2.58. The van der Waals surface area contributed by atoms with E-state index >= 15 is 0 Å². The van der Waals surface area contributed by atoms with Gasteiger partial charge in [0.1, 0.15) is 6.61 Å². The minimum absolute atomic E-state index is 0.0652. The van der Waals surface area contributed by atoms with E-state index in [1.54, 1.807) is 18.2 Å². The molecule has 1 rings (SSSR count). The van der Waals surface area contributed by atoms with Crippen LogP contribution in [0.5, 0.6) is 0 Å². The van der Waals surface area contributed by atoms with Crippen molar-refractivity contribution >= 4 is 12.1 Å². The second-order valence-electron chi connectivity index (χ2n) is 4.29. The molecule has 0 aromatic heterocycles. The van der Waals surface area contributed by atoms with Gasteiger partial charge < -0.3 is 9.47 Å². The number of benzene rings is 1. The molecule has 1 unspecified atom stereocenters. The molecule has 1 aromatic rings. The Labute approximate surface area is 123 Å². The van der Waals surface area contributed by atoms with Crippen molar-refractivity contribution in [3.05, 3.63) is 35.9 Å².